The largest absolute Gasteiger partial charge is 0.451 e. The van der Waals surface area contributed by atoms with E-state index >= 15 is 0 Å². The predicted molar refractivity (Wildman–Crippen MR) is 192 cm³/mol. The molecule has 3 aromatic rings. The first-order valence-electron chi connectivity index (χ1n) is 18.1. The highest BCUT2D eigenvalue weighted by Gasteiger charge is 2.52. The van der Waals surface area contributed by atoms with Gasteiger partial charge >= 0.3 is 0 Å². The van der Waals surface area contributed by atoms with Crippen molar-refractivity contribution in [2.24, 2.45) is 35.5 Å². The van der Waals surface area contributed by atoms with Gasteiger partial charge in [0.2, 0.25) is 17.6 Å². The van der Waals surface area contributed by atoms with Gasteiger partial charge in [-0.25, -0.2) is 0 Å². The fourth-order valence-corrected chi connectivity index (χ4v) is 9.44. The van der Waals surface area contributed by atoms with Crippen LogP contribution in [0.25, 0.3) is 11.0 Å². The van der Waals surface area contributed by atoms with Gasteiger partial charge in [0.25, 0.3) is 17.4 Å². The van der Waals surface area contributed by atoms with Crippen molar-refractivity contribution in [2.45, 2.75) is 90.8 Å². The lowest BCUT2D eigenvalue weighted by atomic mass is 9.49. The van der Waals surface area contributed by atoms with Gasteiger partial charge in [-0.3, -0.25) is 28.8 Å². The Morgan fingerprint density at radius 1 is 0.961 bits per heavy atom. The van der Waals surface area contributed by atoms with Crippen molar-refractivity contribution < 1.29 is 28.4 Å². The first-order valence-corrected chi connectivity index (χ1v) is 18.1. The zero-order valence-electron chi connectivity index (χ0n) is 30.0. The predicted octanol–water partition coefficient (Wildman–Crippen LogP) is 4.34. The molecule has 2 heterocycles. The highest BCUT2D eigenvalue weighted by molar-refractivity contribution is 6.36. The van der Waals surface area contributed by atoms with Gasteiger partial charge in [0.15, 0.2) is 5.76 Å². The van der Waals surface area contributed by atoms with E-state index in [9.17, 15) is 28.8 Å². The second-order valence-electron chi connectivity index (χ2n) is 15.5. The SMILES string of the molecule is CNC(=O)C(=O)CCC(NC(=O)c1oc2ccccc2c1C)C(=O)Nc1cccn(CC(=O)NC2(C)CC3C(C)C[C@H]4CC(C)C(C2)[C@H]3C4)c1=O. The van der Waals surface area contributed by atoms with Gasteiger partial charge in [0.1, 0.15) is 23.9 Å². The minimum absolute atomic E-state index is 0.00183. The molecule has 5 unspecified atom stereocenters. The summed E-state index contributed by atoms with van der Waals surface area (Å²) in [6.07, 6.45) is 6.60. The second kappa shape index (κ2) is 14.5. The number of aromatic nitrogens is 1. The topological polar surface area (TPSA) is 169 Å². The van der Waals surface area contributed by atoms with Gasteiger partial charge in [-0.1, -0.05) is 32.0 Å². The Balaban J connectivity index is 1.15. The van der Waals surface area contributed by atoms with Crippen LogP contribution in [0, 0.1) is 42.4 Å². The van der Waals surface area contributed by atoms with E-state index in [1.165, 1.54) is 43.1 Å². The van der Waals surface area contributed by atoms with Crippen LogP contribution in [0.2, 0.25) is 0 Å². The van der Waals surface area contributed by atoms with E-state index in [0.29, 0.717) is 40.7 Å². The zero-order valence-corrected chi connectivity index (χ0v) is 30.0. The number of carbonyl (C=O) groups is 5. The number of carbonyl (C=O) groups excluding carboxylic acids is 5. The van der Waals surface area contributed by atoms with Crippen molar-refractivity contribution in [3.05, 3.63) is 64.3 Å². The van der Waals surface area contributed by atoms with E-state index in [2.05, 4.69) is 42.0 Å². The zero-order chi connectivity index (χ0) is 36.6. The van der Waals surface area contributed by atoms with Crippen LogP contribution in [-0.2, 0) is 25.7 Å². The lowest BCUT2D eigenvalue weighted by Gasteiger charge is -2.58. The number of pyridine rings is 1. The summed E-state index contributed by atoms with van der Waals surface area (Å²) in [5.41, 5.74) is 0.00492. The highest BCUT2D eigenvalue weighted by Crippen LogP contribution is 2.58. The average molecular weight is 700 g/mol. The number of benzene rings is 1. The molecule has 12 nitrogen and oxygen atoms in total. The molecule has 4 N–H and O–H groups in total. The number of rotatable bonds is 11. The quantitative estimate of drug-likeness (QED) is 0.216. The van der Waals surface area contributed by atoms with Crippen LogP contribution >= 0.6 is 0 Å². The molecular weight excluding hydrogens is 650 g/mol. The maximum absolute atomic E-state index is 13.6. The Bertz CT molecular complexity index is 1890. The van der Waals surface area contributed by atoms with Crippen LogP contribution in [0.15, 0.2) is 51.8 Å². The lowest BCUT2D eigenvalue weighted by molar-refractivity contribution is -0.137. The Kier molecular flexibility index (Phi) is 10.2. The Labute approximate surface area is 297 Å². The molecule has 3 saturated carbocycles. The van der Waals surface area contributed by atoms with Gasteiger partial charge in [0.05, 0.1) is 0 Å². The Hall–Kier alpha value is -4.74. The van der Waals surface area contributed by atoms with E-state index in [0.717, 1.165) is 24.1 Å². The number of aryl methyl sites for hydroxylation is 1. The van der Waals surface area contributed by atoms with Crippen molar-refractivity contribution in [3.63, 3.8) is 0 Å². The normalized spacial score (nSPS) is 27.2. The lowest BCUT2D eigenvalue weighted by Crippen LogP contribution is -2.58. The molecule has 3 aliphatic carbocycles. The van der Waals surface area contributed by atoms with Crippen molar-refractivity contribution in [2.75, 3.05) is 12.4 Å². The number of fused-ring (bicyclic) bond motifs is 2. The summed E-state index contributed by atoms with van der Waals surface area (Å²) in [6, 6.07) is 8.79. The molecule has 12 heteroatoms. The van der Waals surface area contributed by atoms with Crippen LogP contribution in [-0.4, -0.2) is 52.6 Å². The molecule has 0 saturated heterocycles. The molecule has 6 rings (SSSR count). The third-order valence-electron chi connectivity index (χ3n) is 11.8. The van der Waals surface area contributed by atoms with E-state index in [1.54, 1.807) is 25.1 Å². The summed E-state index contributed by atoms with van der Waals surface area (Å²) in [6.45, 7) is 8.35. The van der Waals surface area contributed by atoms with Crippen molar-refractivity contribution >= 4 is 46.1 Å². The minimum atomic E-state index is -1.30. The number of ketones is 1. The van der Waals surface area contributed by atoms with Crippen LogP contribution in [0.1, 0.15) is 81.8 Å². The number of furan rings is 1. The maximum Gasteiger partial charge on any atom is 0.287 e. The molecule has 272 valence electrons. The molecule has 2 bridgehead atoms. The number of amides is 4. The van der Waals surface area contributed by atoms with E-state index in [1.807, 2.05) is 12.1 Å². The van der Waals surface area contributed by atoms with Crippen LogP contribution in [0.4, 0.5) is 5.69 Å². The van der Waals surface area contributed by atoms with Gasteiger partial charge in [-0.2, -0.15) is 0 Å². The van der Waals surface area contributed by atoms with E-state index in [-0.39, 0.29) is 42.3 Å². The molecule has 0 aliphatic heterocycles. The number of Topliss-reactive ketones (excluding diaryl/α,β-unsaturated/α-hetero) is 1. The number of likely N-dealkylation sites (N-methyl/N-ethyl adjacent to an activating group) is 1. The monoisotopic (exact) mass is 699 g/mol. The summed E-state index contributed by atoms with van der Waals surface area (Å²) < 4.78 is 7.01. The fraction of sp³-hybridized carbons (Fsp3) is 0.538. The van der Waals surface area contributed by atoms with Crippen molar-refractivity contribution in [3.8, 4) is 0 Å². The molecule has 51 heavy (non-hydrogen) atoms. The molecule has 0 spiro atoms. The number of hydrogen-bond donors (Lipinski definition) is 4. The van der Waals surface area contributed by atoms with Crippen LogP contribution in [0.5, 0.6) is 0 Å². The number of para-hydroxylation sites is 1. The average Bonchev–Trinajstić information content (AvgIpc) is 3.43. The number of hydrogen-bond acceptors (Lipinski definition) is 7. The van der Waals surface area contributed by atoms with Crippen LogP contribution < -0.4 is 26.8 Å². The Morgan fingerprint density at radius 3 is 2.31 bits per heavy atom. The van der Waals surface area contributed by atoms with Gasteiger partial charge < -0.3 is 30.3 Å². The molecule has 3 aliphatic rings. The first kappa shape index (κ1) is 36.1. The molecule has 2 aromatic heterocycles. The maximum atomic E-state index is 13.6. The standard InChI is InChI=1S/C39H49N5O7/c1-21-15-24-16-22(2)28-19-39(4,18-27(21)26(28)17-24)43-33(46)20-44-14-8-10-30(38(44)50)42-35(47)29(12-13-31(45)36(48)40-5)41-37(49)34-23(3)25-9-6-7-11-32(25)51-34/h6-11,14,21-22,24,26-29H,12-13,15-20H2,1-5H3,(H,40,48)(H,41,49)(H,42,47)(H,43,46)/t21?,22?,24-,26-,27?,28?,29?,39?. The number of nitrogens with one attached hydrogen (secondary N) is 4. The molecule has 0 radical (unpaired) electrons. The van der Waals surface area contributed by atoms with E-state index in [4.69, 9.17) is 4.42 Å². The van der Waals surface area contributed by atoms with Crippen LogP contribution in [0.3, 0.4) is 0 Å². The summed E-state index contributed by atoms with van der Waals surface area (Å²) in [4.78, 5) is 78.2. The van der Waals surface area contributed by atoms with Gasteiger partial charge in [-0.05, 0) is 106 Å². The number of nitrogens with zero attached hydrogens (tertiary/aromatic N) is 1. The fourth-order valence-electron chi connectivity index (χ4n) is 9.44. The van der Waals surface area contributed by atoms with E-state index < -0.39 is 35.1 Å². The molecule has 3 fully saturated rings. The summed E-state index contributed by atoms with van der Waals surface area (Å²) >= 11 is 0. The smallest absolute Gasteiger partial charge is 0.287 e. The molecule has 1 aromatic carbocycles. The summed E-state index contributed by atoms with van der Waals surface area (Å²) in [5.74, 6) is 0.624. The molecular formula is C39H49N5O7. The first-order chi connectivity index (χ1) is 24.3. The van der Waals surface area contributed by atoms with Gasteiger partial charge in [0, 0.05) is 36.2 Å². The summed E-state index contributed by atoms with van der Waals surface area (Å²) in [7, 11) is 1.32. The van der Waals surface area contributed by atoms with Gasteiger partial charge in [-0.15, -0.1) is 0 Å². The van der Waals surface area contributed by atoms with Crippen molar-refractivity contribution in [1.29, 1.82) is 0 Å². The summed E-state index contributed by atoms with van der Waals surface area (Å²) in [5, 5.41) is 11.5. The molecule has 4 amide bonds. The third kappa shape index (κ3) is 7.50. The third-order valence-corrected chi connectivity index (χ3v) is 11.8. The Morgan fingerprint density at radius 2 is 1.65 bits per heavy atom. The molecule has 5 atom stereocenters. The second-order valence-corrected chi connectivity index (χ2v) is 15.5. The minimum Gasteiger partial charge on any atom is -0.451 e. The van der Waals surface area contributed by atoms with Crippen molar-refractivity contribution in [1.82, 2.24) is 20.5 Å². The number of anilines is 1. The highest BCUT2D eigenvalue weighted by atomic mass is 16.3.